The van der Waals surface area contributed by atoms with E-state index < -0.39 is 0 Å². The topological polar surface area (TPSA) is 65.5 Å². The number of hydrogen-bond donors (Lipinski definition) is 2. The molecule has 2 aliphatic rings. The summed E-state index contributed by atoms with van der Waals surface area (Å²) in [6.07, 6.45) is 5.43. The van der Waals surface area contributed by atoms with Gasteiger partial charge in [0, 0.05) is 30.5 Å². The van der Waals surface area contributed by atoms with Gasteiger partial charge in [-0.1, -0.05) is 0 Å². The monoisotopic (exact) mass is 275 g/mol. The van der Waals surface area contributed by atoms with Crippen LogP contribution in [0.5, 0.6) is 0 Å². The third-order valence-electron chi connectivity index (χ3n) is 4.32. The van der Waals surface area contributed by atoms with E-state index in [1.54, 1.807) is 6.20 Å². The van der Waals surface area contributed by atoms with E-state index in [0.717, 1.165) is 31.4 Å². The molecule has 5 heteroatoms. The Morgan fingerprint density at radius 1 is 1.45 bits per heavy atom. The SMILES string of the molecule is CCNC(=O)c1cc(N2C3CCC2CC(O)C3)ccn1. The van der Waals surface area contributed by atoms with E-state index >= 15 is 0 Å². The van der Waals surface area contributed by atoms with Gasteiger partial charge < -0.3 is 15.3 Å². The summed E-state index contributed by atoms with van der Waals surface area (Å²) in [6.45, 7) is 2.50. The van der Waals surface area contributed by atoms with Crippen LogP contribution in [-0.2, 0) is 0 Å². The number of nitrogens with one attached hydrogen (secondary N) is 1. The van der Waals surface area contributed by atoms with Gasteiger partial charge in [-0.05, 0) is 44.7 Å². The minimum Gasteiger partial charge on any atom is -0.393 e. The summed E-state index contributed by atoms with van der Waals surface area (Å²) in [6, 6.07) is 4.63. The highest BCUT2D eigenvalue weighted by molar-refractivity contribution is 5.93. The highest BCUT2D eigenvalue weighted by Gasteiger charge is 2.40. The number of hydrogen-bond acceptors (Lipinski definition) is 4. The van der Waals surface area contributed by atoms with Gasteiger partial charge in [0.1, 0.15) is 5.69 Å². The van der Waals surface area contributed by atoms with E-state index in [0.29, 0.717) is 24.3 Å². The van der Waals surface area contributed by atoms with Gasteiger partial charge in [-0.15, -0.1) is 0 Å². The van der Waals surface area contributed by atoms with Crippen LogP contribution in [0, 0.1) is 0 Å². The van der Waals surface area contributed by atoms with Crippen molar-refractivity contribution in [2.24, 2.45) is 0 Å². The fraction of sp³-hybridized carbons (Fsp3) is 0.600. The van der Waals surface area contributed by atoms with Crippen LogP contribution in [0.15, 0.2) is 18.3 Å². The molecule has 20 heavy (non-hydrogen) atoms. The molecule has 2 aliphatic heterocycles. The van der Waals surface area contributed by atoms with Crippen LogP contribution >= 0.6 is 0 Å². The number of fused-ring (bicyclic) bond motifs is 2. The van der Waals surface area contributed by atoms with E-state index in [1.165, 1.54) is 0 Å². The minimum atomic E-state index is -0.173. The third-order valence-corrected chi connectivity index (χ3v) is 4.32. The maximum absolute atomic E-state index is 11.9. The van der Waals surface area contributed by atoms with Gasteiger partial charge in [-0.25, -0.2) is 0 Å². The lowest BCUT2D eigenvalue weighted by molar-refractivity contribution is 0.0950. The maximum atomic E-state index is 11.9. The van der Waals surface area contributed by atoms with Gasteiger partial charge in [0.15, 0.2) is 0 Å². The van der Waals surface area contributed by atoms with E-state index in [1.807, 2.05) is 19.1 Å². The third kappa shape index (κ3) is 2.38. The summed E-state index contributed by atoms with van der Waals surface area (Å²) in [4.78, 5) is 18.4. The first-order chi connectivity index (χ1) is 9.69. The Morgan fingerprint density at radius 3 is 2.80 bits per heavy atom. The molecule has 0 aromatic carbocycles. The minimum absolute atomic E-state index is 0.126. The molecule has 2 saturated heterocycles. The summed E-state index contributed by atoms with van der Waals surface area (Å²) in [5.74, 6) is -0.126. The first-order valence-electron chi connectivity index (χ1n) is 7.39. The fourth-order valence-corrected chi connectivity index (χ4v) is 3.53. The molecule has 0 radical (unpaired) electrons. The number of aliphatic hydroxyl groups is 1. The van der Waals surface area contributed by atoms with Crippen molar-refractivity contribution in [2.45, 2.75) is 50.8 Å². The number of carbonyl (C=O) groups excluding carboxylic acids is 1. The van der Waals surface area contributed by atoms with Crippen molar-refractivity contribution in [2.75, 3.05) is 11.4 Å². The number of rotatable bonds is 3. The number of carbonyl (C=O) groups is 1. The van der Waals surface area contributed by atoms with Crippen molar-refractivity contribution >= 4 is 11.6 Å². The Morgan fingerprint density at radius 2 is 2.15 bits per heavy atom. The summed E-state index contributed by atoms with van der Waals surface area (Å²) >= 11 is 0. The van der Waals surface area contributed by atoms with Crippen LogP contribution in [-0.4, -0.2) is 40.7 Å². The second kappa shape index (κ2) is 5.40. The summed E-state index contributed by atoms with van der Waals surface area (Å²) in [5.41, 5.74) is 1.52. The largest absolute Gasteiger partial charge is 0.393 e. The molecule has 108 valence electrons. The standard InChI is InChI=1S/C15H21N3O2/c1-2-16-15(20)14-9-12(5-6-17-14)18-10-3-4-11(18)8-13(19)7-10/h5-6,9-11,13,19H,2-4,7-8H2,1H3,(H,16,20). The maximum Gasteiger partial charge on any atom is 0.269 e. The normalized spacial score (nSPS) is 28.5. The second-order valence-electron chi connectivity index (χ2n) is 5.68. The second-order valence-corrected chi connectivity index (χ2v) is 5.68. The molecule has 0 aliphatic carbocycles. The summed E-state index contributed by atoms with van der Waals surface area (Å²) in [7, 11) is 0. The molecular weight excluding hydrogens is 254 g/mol. The number of aromatic nitrogens is 1. The molecule has 1 aromatic heterocycles. The fourth-order valence-electron chi connectivity index (χ4n) is 3.53. The molecule has 0 spiro atoms. The zero-order chi connectivity index (χ0) is 14.1. The molecule has 1 amide bonds. The molecular formula is C15H21N3O2. The predicted molar refractivity (Wildman–Crippen MR) is 76.8 cm³/mol. The van der Waals surface area contributed by atoms with Crippen LogP contribution in [0.3, 0.4) is 0 Å². The average molecular weight is 275 g/mol. The van der Waals surface area contributed by atoms with Crippen LogP contribution < -0.4 is 10.2 Å². The van der Waals surface area contributed by atoms with Crippen molar-refractivity contribution < 1.29 is 9.90 Å². The first kappa shape index (κ1) is 13.4. The number of nitrogens with zero attached hydrogens (tertiary/aromatic N) is 2. The Hall–Kier alpha value is -1.62. The Bertz CT molecular complexity index is 492. The molecule has 1 aromatic rings. The quantitative estimate of drug-likeness (QED) is 0.873. The lowest BCUT2D eigenvalue weighted by atomic mass is 9.99. The summed E-state index contributed by atoms with van der Waals surface area (Å²) < 4.78 is 0. The molecule has 2 N–H and O–H groups in total. The zero-order valence-electron chi connectivity index (χ0n) is 11.7. The Kier molecular flexibility index (Phi) is 3.61. The Labute approximate surface area is 119 Å². The van der Waals surface area contributed by atoms with Crippen LogP contribution in [0.1, 0.15) is 43.1 Å². The number of piperidine rings is 1. The lowest BCUT2D eigenvalue weighted by Crippen LogP contribution is -2.44. The van der Waals surface area contributed by atoms with Gasteiger partial charge in [-0.2, -0.15) is 0 Å². The van der Waals surface area contributed by atoms with Crippen LogP contribution in [0.2, 0.25) is 0 Å². The molecule has 3 heterocycles. The van der Waals surface area contributed by atoms with Gasteiger partial charge in [0.2, 0.25) is 0 Å². The van der Waals surface area contributed by atoms with Gasteiger partial charge in [0.25, 0.3) is 5.91 Å². The number of pyridine rings is 1. The first-order valence-corrected chi connectivity index (χ1v) is 7.39. The van der Waals surface area contributed by atoms with Gasteiger partial charge in [0.05, 0.1) is 6.10 Å². The zero-order valence-corrected chi connectivity index (χ0v) is 11.7. The molecule has 0 saturated carbocycles. The number of anilines is 1. The molecule has 2 atom stereocenters. The summed E-state index contributed by atoms with van der Waals surface area (Å²) in [5, 5.41) is 12.6. The lowest BCUT2D eigenvalue weighted by Gasteiger charge is -2.39. The van der Waals surface area contributed by atoms with Crippen molar-refractivity contribution in [3.63, 3.8) is 0 Å². The van der Waals surface area contributed by atoms with Crippen molar-refractivity contribution in [3.05, 3.63) is 24.0 Å². The van der Waals surface area contributed by atoms with Crippen LogP contribution in [0.4, 0.5) is 5.69 Å². The smallest absolute Gasteiger partial charge is 0.269 e. The van der Waals surface area contributed by atoms with Gasteiger partial charge in [-0.3, -0.25) is 9.78 Å². The van der Waals surface area contributed by atoms with Crippen LogP contribution in [0.25, 0.3) is 0 Å². The van der Waals surface area contributed by atoms with E-state index in [9.17, 15) is 9.90 Å². The van der Waals surface area contributed by atoms with E-state index in [-0.39, 0.29) is 12.0 Å². The Balaban J connectivity index is 1.84. The molecule has 2 bridgehead atoms. The molecule has 2 unspecified atom stereocenters. The van der Waals surface area contributed by atoms with Crippen molar-refractivity contribution in [1.82, 2.24) is 10.3 Å². The van der Waals surface area contributed by atoms with Crippen molar-refractivity contribution in [3.8, 4) is 0 Å². The van der Waals surface area contributed by atoms with Gasteiger partial charge >= 0.3 is 0 Å². The van der Waals surface area contributed by atoms with E-state index in [2.05, 4.69) is 15.2 Å². The highest BCUT2D eigenvalue weighted by atomic mass is 16.3. The molecule has 3 rings (SSSR count). The highest BCUT2D eigenvalue weighted by Crippen LogP contribution is 2.39. The van der Waals surface area contributed by atoms with E-state index in [4.69, 9.17) is 0 Å². The molecule has 5 nitrogen and oxygen atoms in total. The number of aliphatic hydroxyl groups excluding tert-OH is 1. The number of amides is 1. The average Bonchev–Trinajstić information content (AvgIpc) is 2.71. The van der Waals surface area contributed by atoms with Crippen molar-refractivity contribution in [1.29, 1.82) is 0 Å². The molecule has 2 fully saturated rings. The predicted octanol–water partition coefficient (Wildman–Crippen LogP) is 1.32.